The van der Waals surface area contributed by atoms with Gasteiger partial charge in [-0.15, -0.1) is 0 Å². The van der Waals surface area contributed by atoms with Gasteiger partial charge in [-0.2, -0.15) is 0 Å². The maximum Gasteiger partial charge on any atom is 0.0714 e. The van der Waals surface area contributed by atoms with Crippen molar-refractivity contribution in [3.63, 3.8) is 0 Å². The molecule has 3 aliphatic carbocycles. The Kier molecular flexibility index (Phi) is 12.0. The van der Waals surface area contributed by atoms with Gasteiger partial charge < -0.3 is 4.90 Å². The second kappa shape index (κ2) is 20.0. The molecule has 392 valence electrons. The van der Waals surface area contributed by atoms with E-state index in [9.17, 15) is 0 Å². The van der Waals surface area contributed by atoms with Gasteiger partial charge in [-0.05, 0) is 161 Å². The average Bonchev–Trinajstić information content (AvgIpc) is 2.26. The largest absolute Gasteiger partial charge is 0.310 e. The van der Waals surface area contributed by atoms with E-state index in [1.54, 1.807) is 0 Å². The fourth-order valence-corrected chi connectivity index (χ4v) is 15.0. The van der Waals surface area contributed by atoms with E-state index in [4.69, 9.17) is 0 Å². The van der Waals surface area contributed by atoms with Crippen LogP contribution in [0.3, 0.4) is 0 Å². The van der Waals surface area contributed by atoms with E-state index in [0.29, 0.717) is 0 Å². The number of anilines is 3. The van der Waals surface area contributed by atoms with Gasteiger partial charge in [-0.3, -0.25) is 0 Å². The number of benzene rings is 12. The van der Waals surface area contributed by atoms with Gasteiger partial charge in [0.05, 0.1) is 16.2 Å². The molecule has 0 aliphatic heterocycles. The summed E-state index contributed by atoms with van der Waals surface area (Å²) in [7, 11) is 0. The van der Waals surface area contributed by atoms with Crippen molar-refractivity contribution in [3.05, 3.63) is 407 Å². The molecule has 12 aromatic rings. The van der Waals surface area contributed by atoms with Crippen molar-refractivity contribution in [1.82, 2.24) is 0 Å². The summed E-state index contributed by atoms with van der Waals surface area (Å²) in [5.74, 6) is 0. The molecule has 0 fully saturated rings. The van der Waals surface area contributed by atoms with Crippen LogP contribution in [0.25, 0.3) is 39.0 Å². The smallest absolute Gasteiger partial charge is 0.0714 e. The van der Waals surface area contributed by atoms with Crippen LogP contribution in [-0.2, 0) is 16.2 Å². The van der Waals surface area contributed by atoms with E-state index < -0.39 is 16.2 Å². The van der Waals surface area contributed by atoms with Gasteiger partial charge in [0.15, 0.2) is 0 Å². The topological polar surface area (TPSA) is 3.24 Å². The second-order valence-electron chi connectivity index (χ2n) is 22.3. The zero-order valence-corrected chi connectivity index (χ0v) is 46.3. The summed E-state index contributed by atoms with van der Waals surface area (Å²) in [5.41, 5.74) is 26.4. The van der Waals surface area contributed by atoms with Crippen LogP contribution < -0.4 is 4.90 Å². The number of hydrogen-bond acceptors (Lipinski definition) is 1. The molecule has 12 aromatic carbocycles. The van der Waals surface area contributed by atoms with Gasteiger partial charge in [0, 0.05) is 17.1 Å². The molecule has 0 spiro atoms. The normalized spacial score (nSPS) is 14.6. The molecule has 0 bridgehead atoms. The highest BCUT2D eigenvalue weighted by Crippen LogP contribution is 2.60. The molecular weight excluding hydrogens is 999 g/mol. The van der Waals surface area contributed by atoms with Gasteiger partial charge in [-0.1, -0.05) is 292 Å². The van der Waals surface area contributed by atoms with Crippen molar-refractivity contribution < 1.29 is 0 Å². The van der Waals surface area contributed by atoms with Gasteiger partial charge in [0.25, 0.3) is 0 Å². The number of rotatable bonds is 12. The Morgan fingerprint density at radius 2 is 0.651 bits per heavy atom. The zero-order valence-electron chi connectivity index (χ0n) is 46.3. The van der Waals surface area contributed by atoms with Gasteiger partial charge in [-0.25, -0.2) is 0 Å². The van der Waals surface area contributed by atoms with Crippen LogP contribution >= 0.6 is 0 Å². The molecule has 0 radical (unpaired) electrons. The number of fused-ring (bicyclic) bond motifs is 7. The summed E-state index contributed by atoms with van der Waals surface area (Å²) in [6.45, 7) is 6.44. The monoisotopic (exact) mass is 1060 g/mol. The molecule has 0 unspecified atom stereocenters. The highest BCUT2D eigenvalue weighted by atomic mass is 15.1. The van der Waals surface area contributed by atoms with Crippen LogP contribution in [0, 0.1) is 0 Å². The third kappa shape index (κ3) is 7.41. The fourth-order valence-electron chi connectivity index (χ4n) is 15.0. The second-order valence-corrected chi connectivity index (χ2v) is 22.3. The zero-order chi connectivity index (χ0) is 55.5. The molecule has 0 heterocycles. The summed E-state index contributed by atoms with van der Waals surface area (Å²) >= 11 is 0. The summed E-state index contributed by atoms with van der Waals surface area (Å²) in [5, 5.41) is 0. The lowest BCUT2D eigenvalue weighted by Crippen LogP contribution is -2.29. The molecule has 0 saturated carbocycles. The Morgan fingerprint density at radius 1 is 0.289 bits per heavy atom. The maximum absolute atomic E-state index is 4.12. The van der Waals surface area contributed by atoms with E-state index in [2.05, 4.69) is 340 Å². The first-order valence-corrected chi connectivity index (χ1v) is 28.9. The maximum atomic E-state index is 4.12. The quantitative estimate of drug-likeness (QED) is 0.110. The van der Waals surface area contributed by atoms with Crippen LogP contribution in [0.4, 0.5) is 17.1 Å². The van der Waals surface area contributed by atoms with Crippen LogP contribution in [0.1, 0.15) is 73.7 Å². The predicted octanol–water partition coefficient (Wildman–Crippen LogP) is 20.4. The summed E-state index contributed by atoms with van der Waals surface area (Å²) in [4.78, 5) is 2.52. The van der Waals surface area contributed by atoms with Crippen LogP contribution in [0.2, 0.25) is 0 Å². The Hall–Kier alpha value is -10.3. The molecule has 15 rings (SSSR count). The van der Waals surface area contributed by atoms with E-state index in [1.807, 2.05) is 6.08 Å². The molecule has 3 aliphatic rings. The minimum atomic E-state index is -0.587. The molecule has 0 saturated heterocycles. The number of hydrogen-bond donors (Lipinski definition) is 0. The summed E-state index contributed by atoms with van der Waals surface area (Å²) in [6, 6.07) is 116. The van der Waals surface area contributed by atoms with Gasteiger partial charge in [0.1, 0.15) is 0 Å². The number of allylic oxidation sites excluding steroid dienone is 5. The lowest BCUT2D eigenvalue weighted by atomic mass is 9.67. The number of nitrogens with zero attached hydrogens (tertiary/aromatic N) is 1. The molecule has 0 aromatic heterocycles. The highest BCUT2D eigenvalue weighted by Gasteiger charge is 2.49. The van der Waals surface area contributed by atoms with Crippen LogP contribution in [-0.4, -0.2) is 0 Å². The first kappa shape index (κ1) is 49.7. The highest BCUT2D eigenvalue weighted by molar-refractivity contribution is 5.95. The van der Waals surface area contributed by atoms with Crippen molar-refractivity contribution in [3.8, 4) is 33.4 Å². The first-order chi connectivity index (χ1) is 41.1. The Bertz CT molecular complexity index is 4200. The molecule has 0 amide bonds. The van der Waals surface area contributed by atoms with Gasteiger partial charge in [0.2, 0.25) is 0 Å². The Labute approximate surface area is 487 Å². The summed E-state index contributed by atoms with van der Waals surface area (Å²) < 4.78 is 0. The summed E-state index contributed by atoms with van der Waals surface area (Å²) in [6.07, 6.45) is 6.22. The average molecular weight is 1060 g/mol. The Morgan fingerprint density at radius 3 is 1.08 bits per heavy atom. The van der Waals surface area contributed by atoms with Crippen molar-refractivity contribution in [2.45, 2.75) is 23.2 Å². The molecule has 0 N–H and O–H groups in total. The van der Waals surface area contributed by atoms with Crippen molar-refractivity contribution >= 4 is 22.6 Å². The molecule has 1 heteroatoms. The third-order valence-corrected chi connectivity index (χ3v) is 18.3. The van der Waals surface area contributed by atoms with Gasteiger partial charge >= 0.3 is 0 Å². The standard InChI is InChI=1S/C82H59N/c1-3-4-42-69-57(2)80(60-29-11-5-12-30-60,61-31-13-6-14-32-61)77-52-47-59(54-74(69)77)58-28-27-41-66(53-58)83(67-48-50-72-70-43-23-25-45-75(70)81(78(72)55-67,62-33-15-7-16-34-62)63-35-17-8-18-36-63)68-49-51-73-71-44-24-26-46-76(71)82(79(73)56-68,64-37-19-9-20-38-64)65-39-21-10-22-40-65/h3-56H,1H2,2H3/b42-4-. The third-order valence-electron chi connectivity index (χ3n) is 18.3. The SMILES string of the molecule is C=C/C=C\C1=C(C)C(c2ccccc2)(c2ccccc2)c2ccc(-c3cccc(N(c4ccc5c(c4)C(c4ccccc4)(c4ccccc4)c4ccccc4-5)c4ccc5c(c4)C(c4ccccc4)(c4ccccc4)c4ccccc4-5)c3)cc21. The van der Waals surface area contributed by atoms with Crippen molar-refractivity contribution in [2.24, 2.45) is 0 Å². The first-order valence-electron chi connectivity index (χ1n) is 28.9. The molecule has 1 nitrogen and oxygen atoms in total. The molecular formula is C82H59N. The van der Waals surface area contributed by atoms with E-state index in [0.717, 1.165) is 28.2 Å². The van der Waals surface area contributed by atoms with E-state index >= 15 is 0 Å². The van der Waals surface area contributed by atoms with E-state index in [-0.39, 0.29) is 0 Å². The molecule has 83 heavy (non-hydrogen) atoms. The fraction of sp³-hybridized carbons (Fsp3) is 0.0488. The minimum Gasteiger partial charge on any atom is -0.310 e. The lowest BCUT2D eigenvalue weighted by molar-refractivity contribution is 0.743. The van der Waals surface area contributed by atoms with E-state index in [1.165, 1.54) is 100 Å². The van der Waals surface area contributed by atoms with Crippen LogP contribution in [0.5, 0.6) is 0 Å². The minimum absolute atomic E-state index is 0.486. The van der Waals surface area contributed by atoms with Crippen LogP contribution in [0.15, 0.2) is 340 Å². The Balaban J connectivity index is 0.976. The van der Waals surface area contributed by atoms with Crippen molar-refractivity contribution in [2.75, 3.05) is 4.90 Å². The van der Waals surface area contributed by atoms with Crippen molar-refractivity contribution in [1.29, 1.82) is 0 Å². The lowest BCUT2D eigenvalue weighted by Gasteiger charge is -2.36. The molecule has 0 atom stereocenters. The predicted molar refractivity (Wildman–Crippen MR) is 346 cm³/mol.